The Hall–Kier alpha value is -0.910. The van der Waals surface area contributed by atoms with Crippen LogP contribution < -0.4 is 10.0 Å². The van der Waals surface area contributed by atoms with E-state index in [4.69, 9.17) is 0 Å². The highest BCUT2D eigenvalue weighted by Crippen LogP contribution is 2.19. The van der Waals surface area contributed by atoms with Gasteiger partial charge in [-0.15, -0.1) is 0 Å². The van der Waals surface area contributed by atoms with E-state index < -0.39 is 10.0 Å². The Bertz CT molecular complexity index is 569. The molecular formula is C15H24N2O2S. The van der Waals surface area contributed by atoms with Crippen LogP contribution in [0.15, 0.2) is 23.1 Å². The number of aryl methyl sites for hydroxylation is 2. The molecule has 0 spiro atoms. The van der Waals surface area contributed by atoms with E-state index >= 15 is 0 Å². The minimum atomic E-state index is -3.39. The van der Waals surface area contributed by atoms with Crippen molar-refractivity contribution in [1.82, 2.24) is 10.0 Å². The summed E-state index contributed by atoms with van der Waals surface area (Å²) in [6.45, 7) is 8.55. The molecule has 2 rings (SSSR count). The average Bonchev–Trinajstić information content (AvgIpc) is 2.41. The van der Waals surface area contributed by atoms with Crippen LogP contribution in [0.1, 0.15) is 24.5 Å². The predicted octanol–water partition coefficient (Wildman–Crippen LogP) is 1.83. The van der Waals surface area contributed by atoms with Gasteiger partial charge in [-0.1, -0.05) is 13.0 Å². The fourth-order valence-electron chi connectivity index (χ4n) is 2.55. The van der Waals surface area contributed by atoms with Crippen LogP contribution in [0.2, 0.25) is 0 Å². The lowest BCUT2D eigenvalue weighted by atomic mass is 9.88. The van der Waals surface area contributed by atoms with Gasteiger partial charge < -0.3 is 5.32 Å². The van der Waals surface area contributed by atoms with Crippen molar-refractivity contribution in [3.8, 4) is 0 Å². The van der Waals surface area contributed by atoms with Crippen molar-refractivity contribution in [2.45, 2.75) is 32.1 Å². The van der Waals surface area contributed by atoms with Crippen molar-refractivity contribution in [2.75, 3.05) is 19.6 Å². The lowest BCUT2D eigenvalue weighted by Crippen LogP contribution is -2.41. The average molecular weight is 296 g/mol. The van der Waals surface area contributed by atoms with Crippen LogP contribution in [-0.2, 0) is 10.0 Å². The van der Waals surface area contributed by atoms with E-state index in [1.165, 1.54) is 0 Å². The van der Waals surface area contributed by atoms with E-state index in [-0.39, 0.29) is 0 Å². The third-order valence-corrected chi connectivity index (χ3v) is 5.71. The van der Waals surface area contributed by atoms with Crippen molar-refractivity contribution in [2.24, 2.45) is 11.8 Å². The Labute approximate surface area is 122 Å². The van der Waals surface area contributed by atoms with Crippen LogP contribution in [-0.4, -0.2) is 28.1 Å². The molecule has 1 aromatic rings. The first-order valence-electron chi connectivity index (χ1n) is 7.18. The van der Waals surface area contributed by atoms with Gasteiger partial charge in [-0.3, -0.25) is 0 Å². The van der Waals surface area contributed by atoms with Crippen LogP contribution >= 0.6 is 0 Å². The van der Waals surface area contributed by atoms with Gasteiger partial charge in [0.05, 0.1) is 4.90 Å². The molecular weight excluding hydrogens is 272 g/mol. The zero-order valence-corrected chi connectivity index (χ0v) is 13.3. The van der Waals surface area contributed by atoms with Crippen molar-refractivity contribution in [1.29, 1.82) is 0 Å². The van der Waals surface area contributed by atoms with Gasteiger partial charge in [0.25, 0.3) is 0 Å². The van der Waals surface area contributed by atoms with Crippen LogP contribution in [0.4, 0.5) is 0 Å². The third-order valence-electron chi connectivity index (χ3n) is 4.29. The molecule has 1 aliphatic rings. The van der Waals surface area contributed by atoms with Crippen LogP contribution in [0, 0.1) is 25.7 Å². The van der Waals surface area contributed by atoms with Crippen molar-refractivity contribution >= 4 is 10.0 Å². The summed E-state index contributed by atoms with van der Waals surface area (Å²) in [7, 11) is -3.39. The largest absolute Gasteiger partial charge is 0.316 e. The van der Waals surface area contributed by atoms with Crippen molar-refractivity contribution < 1.29 is 8.42 Å². The maximum Gasteiger partial charge on any atom is 0.240 e. The molecule has 1 saturated heterocycles. The number of nitrogens with one attached hydrogen (secondary N) is 2. The van der Waals surface area contributed by atoms with E-state index in [1.807, 2.05) is 19.9 Å². The lowest BCUT2D eigenvalue weighted by Gasteiger charge is -2.29. The molecule has 0 aliphatic carbocycles. The summed E-state index contributed by atoms with van der Waals surface area (Å²) in [4.78, 5) is 0.363. The molecule has 2 atom stereocenters. The first-order chi connectivity index (χ1) is 9.40. The van der Waals surface area contributed by atoms with Gasteiger partial charge in [-0.25, -0.2) is 13.1 Å². The fraction of sp³-hybridized carbons (Fsp3) is 0.600. The Morgan fingerprint density at radius 3 is 2.70 bits per heavy atom. The van der Waals surface area contributed by atoms with Crippen molar-refractivity contribution in [3.63, 3.8) is 0 Å². The number of benzene rings is 1. The molecule has 20 heavy (non-hydrogen) atoms. The minimum absolute atomic E-state index is 0.363. The van der Waals surface area contributed by atoms with E-state index in [0.717, 1.165) is 30.6 Å². The maximum absolute atomic E-state index is 12.3. The Morgan fingerprint density at radius 1 is 1.30 bits per heavy atom. The van der Waals surface area contributed by atoms with Crippen LogP contribution in [0.25, 0.3) is 0 Å². The van der Waals surface area contributed by atoms with E-state index in [2.05, 4.69) is 17.0 Å². The molecule has 0 aromatic heterocycles. The molecule has 0 radical (unpaired) electrons. The first kappa shape index (κ1) is 15.5. The number of rotatable bonds is 4. The third kappa shape index (κ3) is 3.59. The molecule has 0 amide bonds. The Balaban J connectivity index is 2.05. The highest BCUT2D eigenvalue weighted by molar-refractivity contribution is 7.89. The molecule has 2 unspecified atom stereocenters. The second-order valence-electron chi connectivity index (χ2n) is 5.83. The summed E-state index contributed by atoms with van der Waals surface area (Å²) in [6.07, 6.45) is 1.02. The number of hydrogen-bond acceptors (Lipinski definition) is 3. The molecule has 112 valence electrons. The number of piperidine rings is 1. The zero-order chi connectivity index (χ0) is 14.8. The highest BCUT2D eigenvalue weighted by atomic mass is 32.2. The number of hydrogen-bond donors (Lipinski definition) is 2. The quantitative estimate of drug-likeness (QED) is 0.891. The Kier molecular flexibility index (Phi) is 4.83. The SMILES string of the molecule is Cc1ccc(S(=O)(=O)NCC2CCNCC2C)cc1C. The highest BCUT2D eigenvalue weighted by Gasteiger charge is 2.23. The molecule has 5 heteroatoms. The lowest BCUT2D eigenvalue weighted by molar-refractivity contribution is 0.274. The molecule has 1 aromatic carbocycles. The standard InChI is InChI=1S/C15H24N2O2S/c1-11-4-5-15(8-12(11)2)20(18,19)17-10-14-6-7-16-9-13(14)3/h4-5,8,13-14,16-17H,6-7,9-10H2,1-3H3. The van der Waals surface area contributed by atoms with E-state index in [0.29, 0.717) is 23.3 Å². The van der Waals surface area contributed by atoms with Gasteiger partial charge in [0.2, 0.25) is 10.0 Å². The van der Waals surface area contributed by atoms with Crippen LogP contribution in [0.3, 0.4) is 0 Å². The second kappa shape index (κ2) is 6.24. The van der Waals surface area contributed by atoms with Gasteiger partial charge >= 0.3 is 0 Å². The van der Waals surface area contributed by atoms with Gasteiger partial charge in [-0.2, -0.15) is 0 Å². The van der Waals surface area contributed by atoms with Gasteiger partial charge in [0.15, 0.2) is 0 Å². The second-order valence-corrected chi connectivity index (χ2v) is 7.60. The molecule has 0 bridgehead atoms. The van der Waals surface area contributed by atoms with Gasteiger partial charge in [0.1, 0.15) is 0 Å². The maximum atomic E-state index is 12.3. The van der Waals surface area contributed by atoms with E-state index in [9.17, 15) is 8.42 Å². The molecule has 2 N–H and O–H groups in total. The van der Waals surface area contributed by atoms with Gasteiger partial charge in [0, 0.05) is 6.54 Å². The zero-order valence-electron chi connectivity index (χ0n) is 12.4. The topological polar surface area (TPSA) is 58.2 Å². The summed E-state index contributed by atoms with van der Waals surface area (Å²) in [5, 5.41) is 3.33. The van der Waals surface area contributed by atoms with E-state index in [1.54, 1.807) is 12.1 Å². The summed E-state index contributed by atoms with van der Waals surface area (Å²) in [6, 6.07) is 5.27. The van der Waals surface area contributed by atoms with Crippen molar-refractivity contribution in [3.05, 3.63) is 29.3 Å². The van der Waals surface area contributed by atoms with Crippen LogP contribution in [0.5, 0.6) is 0 Å². The Morgan fingerprint density at radius 2 is 2.05 bits per heavy atom. The summed E-state index contributed by atoms with van der Waals surface area (Å²) < 4.78 is 27.4. The molecule has 4 nitrogen and oxygen atoms in total. The smallest absolute Gasteiger partial charge is 0.240 e. The molecule has 1 heterocycles. The summed E-state index contributed by atoms with van der Waals surface area (Å²) in [5.41, 5.74) is 2.11. The normalized spacial score (nSPS) is 23.8. The molecule has 1 aliphatic heterocycles. The monoisotopic (exact) mass is 296 g/mol. The minimum Gasteiger partial charge on any atom is -0.316 e. The number of sulfonamides is 1. The first-order valence-corrected chi connectivity index (χ1v) is 8.66. The summed E-state index contributed by atoms with van der Waals surface area (Å²) >= 11 is 0. The van der Waals surface area contributed by atoms with Gasteiger partial charge in [-0.05, 0) is 68.5 Å². The molecule has 0 saturated carbocycles. The summed E-state index contributed by atoms with van der Waals surface area (Å²) in [5.74, 6) is 0.920. The fourth-order valence-corrected chi connectivity index (χ4v) is 3.73. The molecule has 1 fully saturated rings. The predicted molar refractivity (Wildman–Crippen MR) is 81.2 cm³/mol.